The highest BCUT2D eigenvalue weighted by Crippen LogP contribution is 2.29. The Morgan fingerprint density at radius 2 is 2.00 bits per heavy atom. The molecule has 0 aliphatic heterocycles. The third kappa shape index (κ3) is 5.49. The van der Waals surface area contributed by atoms with Crippen LogP contribution in [-0.2, 0) is 17.9 Å². The van der Waals surface area contributed by atoms with Crippen molar-refractivity contribution in [3.05, 3.63) is 71.5 Å². The van der Waals surface area contributed by atoms with E-state index in [9.17, 15) is 4.79 Å². The molecule has 0 unspecified atom stereocenters. The summed E-state index contributed by atoms with van der Waals surface area (Å²) in [5.41, 5.74) is 2.20. The second-order valence-corrected chi connectivity index (χ2v) is 7.88. The van der Waals surface area contributed by atoms with Gasteiger partial charge in [-0.05, 0) is 36.1 Å². The van der Waals surface area contributed by atoms with Crippen LogP contribution in [0.3, 0.4) is 0 Å². The van der Waals surface area contributed by atoms with E-state index in [1.807, 2.05) is 47.5 Å². The fraction of sp³-hybridized carbons (Fsp3) is 0.435. The van der Waals surface area contributed by atoms with Gasteiger partial charge in [0.15, 0.2) is 0 Å². The maximum atomic E-state index is 12.8. The van der Waals surface area contributed by atoms with Gasteiger partial charge in [0.25, 0.3) is 0 Å². The lowest BCUT2D eigenvalue weighted by Crippen LogP contribution is -2.31. The Kier molecular flexibility index (Phi) is 7.17. The predicted molar refractivity (Wildman–Crippen MR) is 112 cm³/mol. The molecule has 3 rings (SSSR count). The van der Waals surface area contributed by atoms with Crippen molar-refractivity contribution in [1.82, 2.24) is 9.47 Å². The normalized spacial score (nSPS) is 14.4. The lowest BCUT2D eigenvalue weighted by atomic mass is 10.0. The van der Waals surface area contributed by atoms with Gasteiger partial charge in [0.05, 0.1) is 6.54 Å². The zero-order chi connectivity index (χ0) is 19.1. The minimum absolute atomic E-state index is 0.229. The van der Waals surface area contributed by atoms with Gasteiger partial charge < -0.3 is 9.47 Å². The van der Waals surface area contributed by atoms with Crippen LogP contribution >= 0.6 is 11.6 Å². The molecular weight excluding hydrogens is 356 g/mol. The van der Waals surface area contributed by atoms with Crippen LogP contribution in [0.1, 0.15) is 49.8 Å². The van der Waals surface area contributed by atoms with Crippen LogP contribution in [-0.4, -0.2) is 21.9 Å². The molecule has 0 spiro atoms. The van der Waals surface area contributed by atoms with Crippen LogP contribution < -0.4 is 0 Å². The van der Waals surface area contributed by atoms with Crippen LogP contribution in [0, 0.1) is 5.92 Å². The summed E-state index contributed by atoms with van der Waals surface area (Å²) in [7, 11) is 0. The molecular formula is C23H29ClN2O. The summed E-state index contributed by atoms with van der Waals surface area (Å²) in [6.45, 7) is 5.73. The van der Waals surface area contributed by atoms with Gasteiger partial charge in [-0.1, -0.05) is 61.6 Å². The molecule has 1 fully saturated rings. The summed E-state index contributed by atoms with van der Waals surface area (Å²) in [6, 6.07) is 12.0. The van der Waals surface area contributed by atoms with Crippen LogP contribution in [0.2, 0.25) is 5.02 Å². The molecule has 1 aromatic carbocycles. The molecule has 0 atom stereocenters. The van der Waals surface area contributed by atoms with Gasteiger partial charge in [0.1, 0.15) is 0 Å². The smallest absolute Gasteiger partial charge is 0.223 e. The van der Waals surface area contributed by atoms with E-state index in [0.717, 1.165) is 28.6 Å². The van der Waals surface area contributed by atoms with Gasteiger partial charge in [-0.15, -0.1) is 6.58 Å². The van der Waals surface area contributed by atoms with E-state index < -0.39 is 0 Å². The zero-order valence-corrected chi connectivity index (χ0v) is 16.7. The number of hydrogen-bond donors (Lipinski definition) is 0. The second-order valence-electron chi connectivity index (χ2n) is 7.47. The second kappa shape index (κ2) is 9.80. The van der Waals surface area contributed by atoms with Crippen LogP contribution in [0.15, 0.2) is 55.3 Å². The summed E-state index contributed by atoms with van der Waals surface area (Å²) in [5, 5.41) is 0.771. The number of nitrogens with zero attached hydrogens (tertiary/aromatic N) is 2. The van der Waals surface area contributed by atoms with Crippen molar-refractivity contribution in [2.45, 2.75) is 51.6 Å². The van der Waals surface area contributed by atoms with Crippen molar-refractivity contribution in [3.63, 3.8) is 0 Å². The number of hydrogen-bond acceptors (Lipinski definition) is 1. The molecule has 2 aromatic rings. The average Bonchev–Trinajstić information content (AvgIpc) is 3.33. The molecule has 0 bridgehead atoms. The van der Waals surface area contributed by atoms with E-state index in [2.05, 4.69) is 17.2 Å². The van der Waals surface area contributed by atoms with Crippen LogP contribution in [0.5, 0.6) is 0 Å². The summed E-state index contributed by atoms with van der Waals surface area (Å²) in [6.07, 6.45) is 10.7. The van der Waals surface area contributed by atoms with Crippen molar-refractivity contribution >= 4 is 17.5 Å². The Labute approximate surface area is 167 Å². The molecule has 27 heavy (non-hydrogen) atoms. The van der Waals surface area contributed by atoms with Gasteiger partial charge in [-0.25, -0.2) is 0 Å². The van der Waals surface area contributed by atoms with Gasteiger partial charge in [0, 0.05) is 36.4 Å². The molecule has 144 valence electrons. The Morgan fingerprint density at radius 3 is 2.74 bits per heavy atom. The summed E-state index contributed by atoms with van der Waals surface area (Å²) >= 11 is 6.31. The van der Waals surface area contributed by atoms with Crippen molar-refractivity contribution in [1.29, 1.82) is 0 Å². The minimum Gasteiger partial charge on any atom is -0.345 e. The molecule has 1 aliphatic rings. The Bertz CT molecular complexity index is 761. The van der Waals surface area contributed by atoms with E-state index >= 15 is 0 Å². The topological polar surface area (TPSA) is 25.2 Å². The molecule has 1 aromatic heterocycles. The Hall–Kier alpha value is -2.00. The summed E-state index contributed by atoms with van der Waals surface area (Å²) in [4.78, 5) is 14.7. The summed E-state index contributed by atoms with van der Waals surface area (Å²) < 4.78 is 2.17. The highest BCUT2D eigenvalue weighted by atomic mass is 35.5. The first kappa shape index (κ1) is 19.8. The molecule has 0 N–H and O–H groups in total. The lowest BCUT2D eigenvalue weighted by Gasteiger charge is -2.23. The zero-order valence-electron chi connectivity index (χ0n) is 15.9. The van der Waals surface area contributed by atoms with Crippen molar-refractivity contribution in [3.8, 4) is 0 Å². The van der Waals surface area contributed by atoms with Gasteiger partial charge >= 0.3 is 0 Å². The van der Waals surface area contributed by atoms with E-state index in [1.165, 1.54) is 25.7 Å². The maximum absolute atomic E-state index is 12.8. The first-order chi connectivity index (χ1) is 13.2. The molecule has 3 nitrogen and oxygen atoms in total. The molecule has 0 saturated heterocycles. The third-order valence-electron chi connectivity index (χ3n) is 5.52. The fourth-order valence-corrected chi connectivity index (χ4v) is 4.14. The van der Waals surface area contributed by atoms with E-state index in [1.54, 1.807) is 0 Å². The third-order valence-corrected chi connectivity index (χ3v) is 5.89. The molecule has 1 heterocycles. The number of aromatic nitrogens is 1. The maximum Gasteiger partial charge on any atom is 0.223 e. The van der Waals surface area contributed by atoms with E-state index in [0.29, 0.717) is 26.1 Å². The molecule has 1 saturated carbocycles. The first-order valence-corrected chi connectivity index (χ1v) is 10.3. The van der Waals surface area contributed by atoms with Gasteiger partial charge in [-0.2, -0.15) is 0 Å². The lowest BCUT2D eigenvalue weighted by molar-refractivity contribution is -0.131. The van der Waals surface area contributed by atoms with E-state index in [4.69, 9.17) is 11.6 Å². The van der Waals surface area contributed by atoms with Gasteiger partial charge in [-0.3, -0.25) is 4.79 Å². The highest BCUT2D eigenvalue weighted by molar-refractivity contribution is 6.31. The number of benzene rings is 1. The fourth-order valence-electron chi connectivity index (χ4n) is 3.95. The van der Waals surface area contributed by atoms with Crippen LogP contribution in [0.4, 0.5) is 0 Å². The van der Waals surface area contributed by atoms with Crippen molar-refractivity contribution in [2.24, 2.45) is 5.92 Å². The average molecular weight is 385 g/mol. The number of carbonyl (C=O) groups excluding carboxylic acids is 1. The van der Waals surface area contributed by atoms with Gasteiger partial charge in [0.2, 0.25) is 5.91 Å². The van der Waals surface area contributed by atoms with E-state index in [-0.39, 0.29) is 5.91 Å². The molecule has 0 radical (unpaired) electrons. The predicted octanol–water partition coefficient (Wildman–Crippen LogP) is 5.67. The van der Waals surface area contributed by atoms with Crippen molar-refractivity contribution < 1.29 is 4.79 Å². The SMILES string of the molecule is C=CCN(Cc1cccn1Cc1ccccc1Cl)C(=O)CCC1CCCC1. The molecule has 4 heteroatoms. The number of rotatable bonds is 9. The molecule has 1 aliphatic carbocycles. The van der Waals surface area contributed by atoms with Crippen molar-refractivity contribution in [2.75, 3.05) is 6.54 Å². The first-order valence-electron chi connectivity index (χ1n) is 9.93. The minimum atomic E-state index is 0.229. The van der Waals surface area contributed by atoms with Crippen LogP contribution in [0.25, 0.3) is 0 Å². The summed E-state index contributed by atoms with van der Waals surface area (Å²) in [5.74, 6) is 0.968. The Morgan fingerprint density at radius 1 is 1.22 bits per heavy atom. The number of amides is 1. The largest absolute Gasteiger partial charge is 0.345 e. The number of carbonyl (C=O) groups is 1. The molecule has 1 amide bonds. The highest BCUT2D eigenvalue weighted by Gasteiger charge is 2.19. The standard InChI is InChI=1S/C23H29ClN2O/c1-2-15-26(23(27)14-13-19-8-3-4-9-19)18-21-11-7-16-25(21)17-20-10-5-6-12-22(20)24/h2,5-7,10-12,16,19H,1,3-4,8-9,13-15,17-18H2. The quantitative estimate of drug-likeness (QED) is 0.511. The number of halogens is 1. The monoisotopic (exact) mass is 384 g/mol. The Balaban J connectivity index is 1.64.